The summed E-state index contributed by atoms with van der Waals surface area (Å²) in [5.41, 5.74) is 5.66. The first-order valence-electron chi connectivity index (χ1n) is 12.9. The summed E-state index contributed by atoms with van der Waals surface area (Å²) in [4.78, 5) is 57.0. The minimum Gasteiger partial charge on any atom is -0.493 e. The normalized spacial score (nSPS) is 13.3. The van der Waals surface area contributed by atoms with Crippen LogP contribution in [0.3, 0.4) is 0 Å². The Morgan fingerprint density at radius 1 is 0.955 bits per heavy atom. The maximum atomic E-state index is 14.1. The van der Waals surface area contributed by atoms with Gasteiger partial charge < -0.3 is 25.4 Å². The van der Waals surface area contributed by atoms with Crippen LogP contribution >= 0.6 is 0 Å². The largest absolute Gasteiger partial charge is 0.493 e. The van der Waals surface area contributed by atoms with Gasteiger partial charge in [0.15, 0.2) is 11.5 Å². The molecule has 0 spiro atoms. The molecular formula is C29H26F3N5O7. The number of ether oxygens (including phenoxy) is 2. The second-order valence-electron chi connectivity index (χ2n) is 9.60. The van der Waals surface area contributed by atoms with Gasteiger partial charge in [-0.25, -0.2) is 4.79 Å². The van der Waals surface area contributed by atoms with E-state index in [0.29, 0.717) is 5.56 Å². The fourth-order valence-electron chi connectivity index (χ4n) is 4.18. The molecule has 1 aliphatic rings. The third kappa shape index (κ3) is 6.40. The monoisotopic (exact) mass is 613 g/mol. The topological polar surface area (TPSA) is 164 Å². The Hall–Kier alpha value is -5.60. The van der Waals surface area contributed by atoms with Crippen molar-refractivity contribution in [3.63, 3.8) is 0 Å². The first-order chi connectivity index (χ1) is 20.7. The lowest BCUT2D eigenvalue weighted by Gasteiger charge is -2.31. The summed E-state index contributed by atoms with van der Waals surface area (Å²) in [6, 6.07) is 13.5. The van der Waals surface area contributed by atoms with Gasteiger partial charge in [0.2, 0.25) is 0 Å². The second-order valence-corrected chi connectivity index (χ2v) is 9.60. The number of benzene rings is 3. The fourth-order valence-corrected chi connectivity index (χ4v) is 4.18. The van der Waals surface area contributed by atoms with Crippen molar-refractivity contribution in [1.82, 2.24) is 10.2 Å². The van der Waals surface area contributed by atoms with Gasteiger partial charge >= 0.3 is 18.1 Å². The van der Waals surface area contributed by atoms with E-state index >= 15 is 0 Å². The van der Waals surface area contributed by atoms with E-state index in [1.165, 1.54) is 73.8 Å². The zero-order valence-electron chi connectivity index (χ0n) is 23.5. The number of nitrogens with zero attached hydrogens (tertiary/aromatic N) is 2. The molecule has 0 aliphatic carbocycles. The number of halogens is 3. The number of hydrogen-bond donors (Lipinski definition) is 3. The molecule has 1 unspecified atom stereocenters. The predicted molar refractivity (Wildman–Crippen MR) is 149 cm³/mol. The van der Waals surface area contributed by atoms with Gasteiger partial charge in [-0.15, -0.1) is 5.01 Å². The van der Waals surface area contributed by atoms with E-state index in [-0.39, 0.29) is 56.0 Å². The van der Waals surface area contributed by atoms with Crippen LogP contribution in [0, 0.1) is 5.41 Å². The van der Waals surface area contributed by atoms with E-state index < -0.39 is 35.9 Å². The summed E-state index contributed by atoms with van der Waals surface area (Å²) in [5, 5.41) is 10.1. The number of hydrogen-bond acceptors (Lipinski definition) is 9. The van der Waals surface area contributed by atoms with E-state index in [0.717, 1.165) is 0 Å². The number of rotatable bonds is 9. The number of hydroxylamine groups is 1. The SMILES string of the molecule is COc1cc(C(Nc2ccc(C(=N)N)cc2)C(=O)N(OC(=O)C(F)(F)F)N2C(=O)c3ccccc3C2=O)ccc1OC(C)C. The standard InChI is InChI=1S/C29H26F3N5O7/c1-15(2)43-21-13-10-17(14-22(21)42-3)23(35-18-11-8-16(9-12-18)24(33)34)27(40)37(44-28(41)29(30,31)32)36-25(38)19-6-4-5-7-20(19)26(36)39/h4-15,23,35H,1-3H3,(H3,33,34). The number of imide groups is 1. The Kier molecular flexibility index (Phi) is 8.78. The molecule has 3 aromatic carbocycles. The molecule has 230 valence electrons. The molecule has 1 heterocycles. The summed E-state index contributed by atoms with van der Waals surface area (Å²) < 4.78 is 51.2. The number of hydrazine groups is 1. The van der Waals surface area contributed by atoms with Gasteiger partial charge in [0.1, 0.15) is 11.9 Å². The summed E-state index contributed by atoms with van der Waals surface area (Å²) in [7, 11) is 1.33. The lowest BCUT2D eigenvalue weighted by atomic mass is 10.0. The zero-order chi connectivity index (χ0) is 32.3. The van der Waals surface area contributed by atoms with Crippen molar-refractivity contribution in [2.75, 3.05) is 12.4 Å². The molecule has 44 heavy (non-hydrogen) atoms. The Bertz CT molecular complexity index is 1590. The predicted octanol–water partition coefficient (Wildman–Crippen LogP) is 3.98. The van der Waals surface area contributed by atoms with Gasteiger partial charge in [-0.3, -0.25) is 19.8 Å². The highest BCUT2D eigenvalue weighted by atomic mass is 19.4. The average Bonchev–Trinajstić information content (AvgIpc) is 3.23. The smallest absolute Gasteiger partial charge is 0.493 e. The van der Waals surface area contributed by atoms with Gasteiger partial charge in [0.25, 0.3) is 11.8 Å². The van der Waals surface area contributed by atoms with Crippen molar-refractivity contribution in [1.29, 1.82) is 5.41 Å². The van der Waals surface area contributed by atoms with Gasteiger partial charge in [-0.05, 0) is 67.9 Å². The van der Waals surface area contributed by atoms with E-state index in [2.05, 4.69) is 10.2 Å². The second kappa shape index (κ2) is 12.3. The first kappa shape index (κ1) is 31.3. The van der Waals surface area contributed by atoms with Gasteiger partial charge in [0.05, 0.1) is 24.3 Å². The van der Waals surface area contributed by atoms with Crippen LogP contribution in [0.2, 0.25) is 0 Å². The summed E-state index contributed by atoms with van der Waals surface area (Å²) in [6.45, 7) is 3.53. The number of carbonyl (C=O) groups is 4. The molecule has 0 saturated heterocycles. The van der Waals surface area contributed by atoms with E-state index in [1.807, 2.05) is 0 Å². The summed E-state index contributed by atoms with van der Waals surface area (Å²) >= 11 is 0. The van der Waals surface area contributed by atoms with Gasteiger partial charge in [0, 0.05) is 11.3 Å². The number of nitrogen functional groups attached to an aromatic ring is 1. The van der Waals surface area contributed by atoms with Crippen molar-refractivity contribution in [3.05, 3.63) is 89.0 Å². The van der Waals surface area contributed by atoms with Crippen LogP contribution in [0.4, 0.5) is 18.9 Å². The molecule has 0 bridgehead atoms. The molecule has 3 amide bonds. The molecule has 4 N–H and O–H groups in total. The lowest BCUT2D eigenvalue weighted by molar-refractivity contribution is -0.263. The number of carbonyl (C=O) groups excluding carboxylic acids is 4. The van der Waals surface area contributed by atoms with Crippen LogP contribution in [-0.2, 0) is 14.4 Å². The Morgan fingerprint density at radius 3 is 2.05 bits per heavy atom. The minimum absolute atomic E-state index is 0.0254. The molecular weight excluding hydrogens is 587 g/mol. The van der Waals surface area contributed by atoms with E-state index in [9.17, 15) is 32.3 Å². The molecule has 1 aliphatic heterocycles. The number of nitrogens with one attached hydrogen (secondary N) is 2. The number of anilines is 1. The molecule has 1 atom stereocenters. The number of nitrogens with two attached hydrogens (primary N) is 1. The van der Waals surface area contributed by atoms with E-state index in [1.54, 1.807) is 13.8 Å². The van der Waals surface area contributed by atoms with Crippen molar-refractivity contribution >= 4 is 35.2 Å². The highest BCUT2D eigenvalue weighted by Crippen LogP contribution is 2.35. The Labute approximate surface area is 248 Å². The molecule has 12 nitrogen and oxygen atoms in total. The number of alkyl halides is 3. The molecule has 3 aromatic rings. The van der Waals surface area contributed by atoms with Crippen molar-refractivity contribution in [2.45, 2.75) is 32.2 Å². The maximum Gasteiger partial charge on any atom is 0.493 e. The maximum absolute atomic E-state index is 14.1. The van der Waals surface area contributed by atoms with Crippen LogP contribution in [0.15, 0.2) is 66.7 Å². The van der Waals surface area contributed by atoms with Crippen LogP contribution in [0.25, 0.3) is 0 Å². The number of amides is 3. The third-order valence-electron chi connectivity index (χ3n) is 6.18. The van der Waals surface area contributed by atoms with Crippen LogP contribution < -0.4 is 20.5 Å². The quantitative estimate of drug-likeness (QED) is 0.140. The van der Waals surface area contributed by atoms with Crippen LogP contribution in [0.1, 0.15) is 51.7 Å². The minimum atomic E-state index is -5.60. The first-order valence-corrected chi connectivity index (χ1v) is 12.9. The number of fused-ring (bicyclic) bond motifs is 1. The number of amidine groups is 1. The van der Waals surface area contributed by atoms with E-state index in [4.69, 9.17) is 20.6 Å². The fraction of sp³-hybridized carbons (Fsp3) is 0.207. The Morgan fingerprint density at radius 2 is 1.55 bits per heavy atom. The average molecular weight is 614 g/mol. The van der Waals surface area contributed by atoms with Crippen molar-refractivity contribution in [2.24, 2.45) is 5.73 Å². The van der Waals surface area contributed by atoms with Gasteiger partial charge in [-0.2, -0.15) is 13.2 Å². The molecule has 15 heteroatoms. The Balaban J connectivity index is 1.84. The summed E-state index contributed by atoms with van der Waals surface area (Å²) in [5.74, 6) is -6.53. The van der Waals surface area contributed by atoms with Gasteiger partial charge in [-0.1, -0.05) is 23.4 Å². The van der Waals surface area contributed by atoms with Crippen molar-refractivity contribution in [3.8, 4) is 11.5 Å². The van der Waals surface area contributed by atoms with Crippen LogP contribution in [0.5, 0.6) is 11.5 Å². The molecule has 0 fully saturated rings. The molecule has 4 rings (SSSR count). The van der Waals surface area contributed by atoms with Crippen LogP contribution in [-0.4, -0.2) is 59.1 Å². The lowest BCUT2D eigenvalue weighted by Crippen LogP contribution is -2.54. The third-order valence-corrected chi connectivity index (χ3v) is 6.18. The zero-order valence-corrected chi connectivity index (χ0v) is 23.5. The molecule has 0 radical (unpaired) electrons. The number of methoxy groups -OCH3 is 1. The van der Waals surface area contributed by atoms with Crippen molar-refractivity contribution < 1.29 is 46.7 Å². The molecule has 0 aromatic heterocycles. The highest BCUT2D eigenvalue weighted by Gasteiger charge is 2.50. The highest BCUT2D eigenvalue weighted by molar-refractivity contribution is 6.21. The molecule has 0 saturated carbocycles. The summed E-state index contributed by atoms with van der Waals surface area (Å²) in [6.07, 6.45) is -5.86.